The second-order valence-electron chi connectivity index (χ2n) is 5.09. The number of carbonyl (C=O) groups excluding carboxylic acids is 1. The highest BCUT2D eigenvalue weighted by Crippen LogP contribution is 2.16. The molecule has 0 aromatic heterocycles. The molecular formula is C19H18O5. The Morgan fingerprint density at radius 3 is 2.12 bits per heavy atom. The molecule has 0 amide bonds. The number of hydrogen-bond acceptors (Lipinski definition) is 4. The van der Waals surface area contributed by atoms with Gasteiger partial charge < -0.3 is 14.6 Å². The van der Waals surface area contributed by atoms with Gasteiger partial charge in [0.2, 0.25) is 0 Å². The second kappa shape index (κ2) is 7.97. The van der Waals surface area contributed by atoms with Gasteiger partial charge in [-0.25, -0.2) is 4.79 Å². The summed E-state index contributed by atoms with van der Waals surface area (Å²) in [4.78, 5) is 22.9. The molecule has 0 bridgehead atoms. The molecule has 0 spiro atoms. The number of rotatable bonds is 7. The predicted octanol–water partition coefficient (Wildman–Crippen LogP) is 3.44. The Balaban J connectivity index is 2.01. The summed E-state index contributed by atoms with van der Waals surface area (Å²) in [5.74, 6) is -0.0357. The molecule has 0 aliphatic rings. The van der Waals surface area contributed by atoms with Crippen molar-refractivity contribution in [3.05, 3.63) is 65.7 Å². The predicted molar refractivity (Wildman–Crippen MR) is 90.5 cm³/mol. The van der Waals surface area contributed by atoms with Crippen LogP contribution in [-0.2, 0) is 4.79 Å². The molecule has 5 nitrogen and oxygen atoms in total. The number of allylic oxidation sites excluding steroid dienone is 1. The summed E-state index contributed by atoms with van der Waals surface area (Å²) in [5, 5.41) is 8.80. The number of carbonyl (C=O) groups is 2. The van der Waals surface area contributed by atoms with E-state index < -0.39 is 12.1 Å². The molecule has 0 radical (unpaired) electrons. The molecule has 0 saturated carbocycles. The maximum absolute atomic E-state index is 12.1. The Bertz CT molecular complexity index is 729. The molecule has 0 unspecified atom stereocenters. The van der Waals surface area contributed by atoms with Crippen molar-refractivity contribution in [1.29, 1.82) is 0 Å². The minimum absolute atomic E-state index is 0.149. The fourth-order valence-electron chi connectivity index (χ4n) is 1.94. The van der Waals surface area contributed by atoms with Gasteiger partial charge in [-0.3, -0.25) is 4.79 Å². The highest BCUT2D eigenvalue weighted by molar-refractivity contribution is 6.06. The Morgan fingerprint density at radius 1 is 1.00 bits per heavy atom. The first-order chi connectivity index (χ1) is 11.5. The average Bonchev–Trinajstić information content (AvgIpc) is 2.60. The molecule has 24 heavy (non-hydrogen) atoms. The lowest BCUT2D eigenvalue weighted by atomic mass is 10.1. The SMILES string of the molecule is COc1ccc(/C=C\C(=O)c2ccc(O[C@@H](C)C(=O)O)cc2)cc1. The van der Waals surface area contributed by atoms with Crippen molar-refractivity contribution in [3.63, 3.8) is 0 Å². The van der Waals surface area contributed by atoms with E-state index in [1.165, 1.54) is 13.0 Å². The Labute approximate surface area is 140 Å². The molecule has 1 N–H and O–H groups in total. The van der Waals surface area contributed by atoms with Gasteiger partial charge in [-0.15, -0.1) is 0 Å². The average molecular weight is 326 g/mol. The molecule has 2 aromatic rings. The van der Waals surface area contributed by atoms with Gasteiger partial charge in [0.25, 0.3) is 0 Å². The lowest BCUT2D eigenvalue weighted by Crippen LogP contribution is -2.22. The molecule has 0 heterocycles. The zero-order valence-corrected chi connectivity index (χ0v) is 13.4. The molecule has 0 aliphatic heterocycles. The van der Waals surface area contributed by atoms with E-state index in [0.29, 0.717) is 11.3 Å². The van der Waals surface area contributed by atoms with Crippen LogP contribution in [0.1, 0.15) is 22.8 Å². The summed E-state index contributed by atoms with van der Waals surface area (Å²) in [6.45, 7) is 1.44. The van der Waals surface area contributed by atoms with Gasteiger partial charge in [-0.1, -0.05) is 18.2 Å². The Hall–Kier alpha value is -3.08. The monoisotopic (exact) mass is 326 g/mol. The van der Waals surface area contributed by atoms with E-state index in [9.17, 15) is 9.59 Å². The summed E-state index contributed by atoms with van der Waals surface area (Å²) in [7, 11) is 1.60. The Kier molecular flexibility index (Phi) is 5.73. The fourth-order valence-corrected chi connectivity index (χ4v) is 1.94. The van der Waals surface area contributed by atoms with Crippen molar-refractivity contribution in [2.45, 2.75) is 13.0 Å². The minimum Gasteiger partial charge on any atom is -0.497 e. The Morgan fingerprint density at radius 2 is 1.58 bits per heavy atom. The molecule has 0 aliphatic carbocycles. The van der Waals surface area contributed by atoms with Gasteiger partial charge in [0.15, 0.2) is 11.9 Å². The molecule has 0 saturated heterocycles. The lowest BCUT2D eigenvalue weighted by Gasteiger charge is -2.10. The van der Waals surface area contributed by atoms with E-state index in [2.05, 4.69) is 0 Å². The van der Waals surface area contributed by atoms with E-state index >= 15 is 0 Å². The highest BCUT2D eigenvalue weighted by Gasteiger charge is 2.12. The number of ketones is 1. The van der Waals surface area contributed by atoms with Crippen LogP contribution < -0.4 is 9.47 Å². The van der Waals surface area contributed by atoms with E-state index in [-0.39, 0.29) is 5.78 Å². The van der Waals surface area contributed by atoms with E-state index in [0.717, 1.165) is 11.3 Å². The first-order valence-electron chi connectivity index (χ1n) is 7.35. The second-order valence-corrected chi connectivity index (χ2v) is 5.09. The van der Waals surface area contributed by atoms with Crippen LogP contribution in [0.4, 0.5) is 0 Å². The zero-order valence-electron chi connectivity index (χ0n) is 13.4. The standard InChI is InChI=1S/C19H18O5/c1-13(19(21)22)24-17-10-6-15(7-11-17)18(20)12-5-14-3-8-16(23-2)9-4-14/h3-13H,1-2H3,(H,21,22)/b12-5-/t13-/m0/s1. The number of carboxylic acids is 1. The van der Waals surface area contributed by atoms with Crippen LogP contribution in [0, 0.1) is 0 Å². The third-order valence-corrected chi connectivity index (χ3v) is 3.34. The van der Waals surface area contributed by atoms with Crippen LogP contribution in [-0.4, -0.2) is 30.1 Å². The largest absolute Gasteiger partial charge is 0.497 e. The van der Waals surface area contributed by atoms with Crippen LogP contribution in [0.15, 0.2) is 54.6 Å². The summed E-state index contributed by atoms with van der Waals surface area (Å²) in [5.41, 5.74) is 1.38. The first-order valence-corrected chi connectivity index (χ1v) is 7.35. The molecule has 0 fully saturated rings. The summed E-state index contributed by atoms with van der Waals surface area (Å²) < 4.78 is 10.3. The van der Waals surface area contributed by atoms with E-state index in [4.69, 9.17) is 14.6 Å². The number of methoxy groups -OCH3 is 1. The number of hydrogen-bond donors (Lipinski definition) is 1. The van der Waals surface area contributed by atoms with Crippen molar-refractivity contribution in [3.8, 4) is 11.5 Å². The van der Waals surface area contributed by atoms with Crippen LogP contribution >= 0.6 is 0 Å². The number of benzene rings is 2. The number of ether oxygens (including phenoxy) is 2. The normalized spacial score (nSPS) is 11.9. The quantitative estimate of drug-likeness (QED) is 0.623. The van der Waals surface area contributed by atoms with Crippen molar-refractivity contribution < 1.29 is 24.2 Å². The third kappa shape index (κ3) is 4.71. The third-order valence-electron chi connectivity index (χ3n) is 3.34. The van der Waals surface area contributed by atoms with Crippen molar-refractivity contribution in [2.24, 2.45) is 0 Å². The maximum atomic E-state index is 12.1. The molecule has 124 valence electrons. The van der Waals surface area contributed by atoms with Gasteiger partial charge >= 0.3 is 5.97 Å². The first kappa shape index (κ1) is 17.3. The number of aliphatic carboxylic acids is 1. The van der Waals surface area contributed by atoms with E-state index in [1.807, 2.05) is 24.3 Å². The molecule has 2 aromatic carbocycles. The van der Waals surface area contributed by atoms with Gasteiger partial charge in [0.05, 0.1) is 7.11 Å². The topological polar surface area (TPSA) is 72.8 Å². The summed E-state index contributed by atoms with van der Waals surface area (Å²) >= 11 is 0. The van der Waals surface area contributed by atoms with Gasteiger partial charge in [0.1, 0.15) is 11.5 Å². The van der Waals surface area contributed by atoms with Crippen molar-refractivity contribution >= 4 is 17.8 Å². The van der Waals surface area contributed by atoms with Crippen LogP contribution in [0.25, 0.3) is 6.08 Å². The maximum Gasteiger partial charge on any atom is 0.344 e. The van der Waals surface area contributed by atoms with Crippen molar-refractivity contribution in [2.75, 3.05) is 7.11 Å². The lowest BCUT2D eigenvalue weighted by molar-refractivity contribution is -0.144. The molecule has 1 atom stereocenters. The zero-order chi connectivity index (χ0) is 17.5. The van der Waals surface area contributed by atoms with Crippen LogP contribution in [0.3, 0.4) is 0 Å². The van der Waals surface area contributed by atoms with Crippen LogP contribution in [0.5, 0.6) is 11.5 Å². The van der Waals surface area contributed by atoms with Crippen molar-refractivity contribution in [1.82, 2.24) is 0 Å². The summed E-state index contributed by atoms with van der Waals surface area (Å²) in [6, 6.07) is 13.7. The molecule has 2 rings (SSSR count). The summed E-state index contributed by atoms with van der Waals surface area (Å²) in [6.07, 6.45) is 2.26. The molecule has 5 heteroatoms. The molecular weight excluding hydrogens is 308 g/mol. The smallest absolute Gasteiger partial charge is 0.344 e. The van der Waals surface area contributed by atoms with E-state index in [1.54, 1.807) is 37.5 Å². The van der Waals surface area contributed by atoms with Gasteiger partial charge in [-0.05, 0) is 55.0 Å². The number of carboxylic acid groups (broad SMARTS) is 1. The van der Waals surface area contributed by atoms with Gasteiger partial charge in [0, 0.05) is 5.56 Å². The highest BCUT2D eigenvalue weighted by atomic mass is 16.5. The minimum atomic E-state index is -1.04. The fraction of sp³-hybridized carbons (Fsp3) is 0.158. The van der Waals surface area contributed by atoms with Crippen LogP contribution in [0.2, 0.25) is 0 Å². The van der Waals surface area contributed by atoms with Gasteiger partial charge in [-0.2, -0.15) is 0 Å².